The van der Waals surface area contributed by atoms with Gasteiger partial charge in [-0.1, -0.05) is 0 Å². The van der Waals surface area contributed by atoms with E-state index in [2.05, 4.69) is 25.7 Å². The maximum absolute atomic E-state index is 14.5. The Morgan fingerprint density at radius 1 is 1.31 bits per heavy atom. The van der Waals surface area contributed by atoms with E-state index in [1.807, 2.05) is 10.9 Å². The standard InChI is InChI=1S/C22H25FN6O3/c1-32-19-8-16(21(30)31)7-15(20(19)23)5-4-14-9-25-22(26-10-14)28-17-11-27-29(13-17)18-3-2-6-24-12-18/h7-11,13,18,24H,2-6,12H2,1H3,(H,30,31)(H,25,26,28)/t18-/m1/s1. The first kappa shape index (κ1) is 21.7. The third-order valence-electron chi connectivity index (χ3n) is 5.47. The number of halogens is 1. The molecule has 1 saturated heterocycles. The quantitative estimate of drug-likeness (QED) is 0.490. The molecular weight excluding hydrogens is 415 g/mol. The van der Waals surface area contributed by atoms with E-state index in [0.29, 0.717) is 24.8 Å². The number of hydrogen-bond donors (Lipinski definition) is 3. The molecule has 3 heterocycles. The number of nitrogens with zero attached hydrogens (tertiary/aromatic N) is 4. The summed E-state index contributed by atoms with van der Waals surface area (Å²) in [4.78, 5) is 19.9. The lowest BCUT2D eigenvalue weighted by atomic mass is 10.0. The minimum absolute atomic E-state index is 0.0152. The number of aromatic carboxylic acids is 1. The molecule has 3 aromatic rings. The summed E-state index contributed by atoms with van der Waals surface area (Å²) < 4.78 is 21.4. The minimum Gasteiger partial charge on any atom is -0.494 e. The van der Waals surface area contributed by atoms with Crippen molar-refractivity contribution in [3.8, 4) is 5.75 Å². The Kier molecular flexibility index (Phi) is 6.60. The number of benzene rings is 1. The van der Waals surface area contributed by atoms with Crippen molar-refractivity contribution in [3.05, 3.63) is 59.4 Å². The van der Waals surface area contributed by atoms with Gasteiger partial charge in [-0.15, -0.1) is 0 Å². The van der Waals surface area contributed by atoms with E-state index in [0.717, 1.165) is 37.2 Å². The number of anilines is 2. The molecule has 0 aliphatic carbocycles. The van der Waals surface area contributed by atoms with Crippen LogP contribution < -0.4 is 15.4 Å². The summed E-state index contributed by atoms with van der Waals surface area (Å²) in [5.41, 5.74) is 1.87. The van der Waals surface area contributed by atoms with Crippen LogP contribution in [-0.2, 0) is 12.8 Å². The monoisotopic (exact) mass is 440 g/mol. The highest BCUT2D eigenvalue weighted by Gasteiger charge is 2.17. The Morgan fingerprint density at radius 2 is 2.12 bits per heavy atom. The molecule has 0 radical (unpaired) electrons. The predicted molar refractivity (Wildman–Crippen MR) is 116 cm³/mol. The fourth-order valence-corrected chi connectivity index (χ4v) is 3.73. The van der Waals surface area contributed by atoms with Gasteiger partial charge in [-0.05, 0) is 55.5 Å². The number of aromatic nitrogens is 4. The molecule has 1 fully saturated rings. The van der Waals surface area contributed by atoms with Crippen LogP contribution in [0.4, 0.5) is 16.0 Å². The van der Waals surface area contributed by atoms with Crippen LogP contribution in [-0.4, -0.2) is 51.0 Å². The first-order chi connectivity index (χ1) is 15.5. The van der Waals surface area contributed by atoms with Crippen LogP contribution in [0.2, 0.25) is 0 Å². The van der Waals surface area contributed by atoms with Gasteiger partial charge in [0.25, 0.3) is 0 Å². The lowest BCUT2D eigenvalue weighted by Gasteiger charge is -2.22. The predicted octanol–water partition coefficient (Wildman–Crippen LogP) is 2.97. The molecular formula is C22H25FN6O3. The summed E-state index contributed by atoms with van der Waals surface area (Å²) in [5, 5.41) is 20.2. The van der Waals surface area contributed by atoms with Crippen LogP contribution in [0.5, 0.6) is 5.75 Å². The van der Waals surface area contributed by atoms with Gasteiger partial charge < -0.3 is 20.5 Å². The first-order valence-electron chi connectivity index (χ1n) is 10.5. The molecule has 1 aliphatic heterocycles. The number of aryl methyl sites for hydroxylation is 2. The van der Waals surface area contributed by atoms with Crippen molar-refractivity contribution in [3.63, 3.8) is 0 Å². The maximum atomic E-state index is 14.5. The topological polar surface area (TPSA) is 114 Å². The zero-order valence-corrected chi connectivity index (χ0v) is 17.7. The molecule has 1 aliphatic rings. The lowest BCUT2D eigenvalue weighted by molar-refractivity contribution is 0.0696. The van der Waals surface area contributed by atoms with Gasteiger partial charge in [0.15, 0.2) is 11.6 Å². The third-order valence-corrected chi connectivity index (χ3v) is 5.47. The highest BCUT2D eigenvalue weighted by Crippen LogP contribution is 2.24. The van der Waals surface area contributed by atoms with Crippen molar-refractivity contribution >= 4 is 17.6 Å². The molecule has 0 bridgehead atoms. The van der Waals surface area contributed by atoms with Crippen molar-refractivity contribution in [1.29, 1.82) is 0 Å². The van der Waals surface area contributed by atoms with Gasteiger partial charge in [-0.25, -0.2) is 19.2 Å². The van der Waals surface area contributed by atoms with E-state index in [4.69, 9.17) is 4.74 Å². The molecule has 10 heteroatoms. The van der Waals surface area contributed by atoms with Gasteiger partial charge in [0, 0.05) is 25.1 Å². The molecule has 4 rings (SSSR count). The average molecular weight is 440 g/mol. The van der Waals surface area contributed by atoms with Crippen LogP contribution >= 0.6 is 0 Å². The lowest BCUT2D eigenvalue weighted by Crippen LogP contribution is -2.31. The van der Waals surface area contributed by atoms with Gasteiger partial charge in [0.1, 0.15) is 0 Å². The van der Waals surface area contributed by atoms with Gasteiger partial charge in [0.05, 0.1) is 30.6 Å². The fourth-order valence-electron chi connectivity index (χ4n) is 3.73. The number of nitrogens with one attached hydrogen (secondary N) is 2. The maximum Gasteiger partial charge on any atom is 0.335 e. The molecule has 168 valence electrons. The van der Waals surface area contributed by atoms with E-state index in [1.165, 1.54) is 19.2 Å². The highest BCUT2D eigenvalue weighted by atomic mass is 19.1. The van der Waals surface area contributed by atoms with Crippen LogP contribution in [0.1, 0.15) is 40.4 Å². The second-order valence-electron chi connectivity index (χ2n) is 7.71. The van der Waals surface area contributed by atoms with E-state index >= 15 is 0 Å². The van der Waals surface area contributed by atoms with Gasteiger partial charge in [0.2, 0.25) is 5.95 Å². The third kappa shape index (κ3) is 5.02. The number of hydrogen-bond acceptors (Lipinski definition) is 7. The Labute approximate surface area is 184 Å². The molecule has 9 nitrogen and oxygen atoms in total. The molecule has 0 spiro atoms. The van der Waals surface area contributed by atoms with Gasteiger partial charge in [-0.3, -0.25) is 4.68 Å². The normalized spacial score (nSPS) is 16.0. The Morgan fingerprint density at radius 3 is 2.81 bits per heavy atom. The van der Waals surface area contributed by atoms with Crippen molar-refractivity contribution in [2.75, 3.05) is 25.5 Å². The molecule has 0 unspecified atom stereocenters. The van der Waals surface area contributed by atoms with Gasteiger partial charge in [-0.2, -0.15) is 5.10 Å². The number of rotatable bonds is 8. The number of carboxylic acids is 1. The summed E-state index contributed by atoms with van der Waals surface area (Å²) in [6, 6.07) is 2.86. The minimum atomic E-state index is -1.13. The Balaban J connectivity index is 1.38. The largest absolute Gasteiger partial charge is 0.494 e. The number of piperidine rings is 1. The Bertz CT molecular complexity index is 1080. The van der Waals surface area contributed by atoms with E-state index in [-0.39, 0.29) is 16.9 Å². The number of methoxy groups -OCH3 is 1. The smallest absolute Gasteiger partial charge is 0.335 e. The van der Waals surface area contributed by atoms with Crippen molar-refractivity contribution in [1.82, 2.24) is 25.1 Å². The molecule has 1 atom stereocenters. The number of carbonyl (C=O) groups is 1. The SMILES string of the molecule is COc1cc(C(=O)O)cc(CCc2cnc(Nc3cnn([C@@H]4CCCNC4)c3)nc2)c1F. The molecule has 0 amide bonds. The summed E-state index contributed by atoms with van der Waals surface area (Å²) in [6.07, 6.45) is 10.0. The van der Waals surface area contributed by atoms with Gasteiger partial charge >= 0.3 is 5.97 Å². The molecule has 0 saturated carbocycles. The number of ether oxygens (including phenoxy) is 1. The summed E-state index contributed by atoms with van der Waals surface area (Å²) in [7, 11) is 1.31. The van der Waals surface area contributed by atoms with Crippen molar-refractivity contribution in [2.45, 2.75) is 31.7 Å². The second-order valence-corrected chi connectivity index (χ2v) is 7.71. The average Bonchev–Trinajstić information content (AvgIpc) is 3.28. The van der Waals surface area contributed by atoms with Crippen LogP contribution in [0.15, 0.2) is 36.9 Å². The zero-order chi connectivity index (χ0) is 22.5. The van der Waals surface area contributed by atoms with E-state index < -0.39 is 11.8 Å². The Hall–Kier alpha value is -3.53. The molecule has 3 N–H and O–H groups in total. The van der Waals surface area contributed by atoms with E-state index in [1.54, 1.807) is 18.6 Å². The summed E-state index contributed by atoms with van der Waals surface area (Å²) >= 11 is 0. The molecule has 2 aromatic heterocycles. The zero-order valence-electron chi connectivity index (χ0n) is 17.7. The summed E-state index contributed by atoms with van der Waals surface area (Å²) in [6.45, 7) is 1.96. The highest BCUT2D eigenvalue weighted by molar-refractivity contribution is 5.88. The number of carboxylic acid groups (broad SMARTS) is 1. The molecule has 32 heavy (non-hydrogen) atoms. The molecule has 1 aromatic carbocycles. The summed E-state index contributed by atoms with van der Waals surface area (Å²) in [5.74, 6) is -1.33. The van der Waals surface area contributed by atoms with Crippen LogP contribution in [0.25, 0.3) is 0 Å². The van der Waals surface area contributed by atoms with Crippen LogP contribution in [0, 0.1) is 5.82 Å². The first-order valence-corrected chi connectivity index (χ1v) is 10.5. The van der Waals surface area contributed by atoms with Crippen LogP contribution in [0.3, 0.4) is 0 Å². The fraction of sp³-hybridized carbons (Fsp3) is 0.364. The van der Waals surface area contributed by atoms with Crippen molar-refractivity contribution < 1.29 is 19.0 Å². The van der Waals surface area contributed by atoms with E-state index in [9.17, 15) is 14.3 Å². The second kappa shape index (κ2) is 9.73. The van der Waals surface area contributed by atoms with Crippen molar-refractivity contribution in [2.24, 2.45) is 0 Å².